The molecule has 0 unspecified atom stereocenters. The lowest BCUT2D eigenvalue weighted by Gasteiger charge is -2.37. The van der Waals surface area contributed by atoms with Crippen molar-refractivity contribution >= 4 is 11.6 Å². The van der Waals surface area contributed by atoms with Gasteiger partial charge in [0, 0.05) is 37.4 Å². The summed E-state index contributed by atoms with van der Waals surface area (Å²) in [6.07, 6.45) is 30.1. The largest absolute Gasteiger partial charge is 0.388 e. The SMILES string of the molecule is CNc1ccccc1-c1ccc(C(=O)N[C@@H]2C[C@@H]3CCCCCCCCCCCCCCCCCCCCN[C@H]2CC3)n1C. The smallest absolute Gasteiger partial charge is 0.268 e. The highest BCUT2D eigenvalue weighted by atomic mass is 16.2. The second-order valence-corrected chi connectivity index (χ2v) is 13.9. The third-order valence-corrected chi connectivity index (χ3v) is 10.5. The molecule has 1 aromatic carbocycles. The van der Waals surface area contributed by atoms with E-state index in [0.717, 1.165) is 41.5 Å². The number of nitrogens with zero attached hydrogens (tertiary/aromatic N) is 1. The third kappa shape index (κ3) is 11.3. The molecule has 1 aliphatic carbocycles. The number of benzene rings is 1. The summed E-state index contributed by atoms with van der Waals surface area (Å²) < 4.78 is 2.05. The highest BCUT2D eigenvalue weighted by Gasteiger charge is 2.32. The van der Waals surface area contributed by atoms with Crippen LogP contribution in [0, 0.1) is 5.92 Å². The Bertz CT molecular complexity index is 1070. The Morgan fingerprint density at radius 2 is 1.27 bits per heavy atom. The van der Waals surface area contributed by atoms with E-state index >= 15 is 0 Å². The zero-order chi connectivity index (χ0) is 30.8. The van der Waals surface area contributed by atoms with Gasteiger partial charge in [0.2, 0.25) is 0 Å². The fourth-order valence-electron chi connectivity index (χ4n) is 7.77. The second kappa shape index (κ2) is 20.0. The zero-order valence-corrected chi connectivity index (χ0v) is 28.3. The molecule has 3 aliphatic rings. The van der Waals surface area contributed by atoms with Gasteiger partial charge in [-0.2, -0.15) is 0 Å². The van der Waals surface area contributed by atoms with E-state index in [1.54, 1.807) is 0 Å². The number of amides is 1. The molecule has 2 saturated heterocycles. The third-order valence-electron chi connectivity index (χ3n) is 10.5. The molecule has 5 nitrogen and oxygen atoms in total. The van der Waals surface area contributed by atoms with E-state index in [4.69, 9.17) is 0 Å². The molecule has 2 aromatic rings. The minimum absolute atomic E-state index is 0.0575. The number of anilines is 1. The lowest BCUT2D eigenvalue weighted by atomic mass is 9.79. The number of fused-ring (bicyclic) bond motifs is 22. The Labute approximate surface area is 269 Å². The first-order valence-electron chi connectivity index (χ1n) is 18.6. The molecule has 1 aromatic heterocycles. The summed E-state index contributed by atoms with van der Waals surface area (Å²) in [5, 5.41) is 10.7. The van der Waals surface area contributed by atoms with Crippen LogP contribution in [0.25, 0.3) is 11.3 Å². The fraction of sp³-hybridized carbons (Fsp3) is 0.718. The molecule has 2 aliphatic heterocycles. The molecule has 1 amide bonds. The summed E-state index contributed by atoms with van der Waals surface area (Å²) >= 11 is 0. The summed E-state index contributed by atoms with van der Waals surface area (Å²) in [5.74, 6) is 0.779. The Hall–Kier alpha value is -2.27. The molecule has 3 fully saturated rings. The van der Waals surface area contributed by atoms with Crippen LogP contribution in [0.15, 0.2) is 36.4 Å². The highest BCUT2D eigenvalue weighted by molar-refractivity contribution is 5.94. The Kier molecular flexibility index (Phi) is 15.7. The van der Waals surface area contributed by atoms with Crippen LogP contribution in [0.2, 0.25) is 0 Å². The van der Waals surface area contributed by atoms with Gasteiger partial charge in [-0.15, -0.1) is 0 Å². The number of hydrogen-bond donors (Lipinski definition) is 3. The van der Waals surface area contributed by atoms with Crippen molar-refractivity contribution in [2.75, 3.05) is 18.9 Å². The Morgan fingerprint density at radius 3 is 1.89 bits per heavy atom. The van der Waals surface area contributed by atoms with Crippen LogP contribution >= 0.6 is 0 Å². The topological polar surface area (TPSA) is 58.1 Å². The molecule has 3 heterocycles. The predicted molar refractivity (Wildman–Crippen MR) is 189 cm³/mol. The molecule has 0 spiro atoms. The number of rotatable bonds is 4. The number of aromatic nitrogens is 1. The van der Waals surface area contributed by atoms with E-state index in [9.17, 15) is 4.79 Å². The minimum Gasteiger partial charge on any atom is -0.388 e. The van der Waals surface area contributed by atoms with Crippen LogP contribution in [0.4, 0.5) is 5.69 Å². The van der Waals surface area contributed by atoms with Gasteiger partial charge in [0.25, 0.3) is 5.91 Å². The van der Waals surface area contributed by atoms with Crippen molar-refractivity contribution in [1.29, 1.82) is 0 Å². The van der Waals surface area contributed by atoms with Crippen LogP contribution in [0.3, 0.4) is 0 Å². The molecule has 1 saturated carbocycles. The first-order chi connectivity index (χ1) is 21.7. The van der Waals surface area contributed by atoms with Crippen molar-refractivity contribution < 1.29 is 4.79 Å². The van der Waals surface area contributed by atoms with Gasteiger partial charge in [0.1, 0.15) is 5.69 Å². The fourth-order valence-corrected chi connectivity index (χ4v) is 7.77. The summed E-state index contributed by atoms with van der Waals surface area (Å²) in [6, 6.07) is 12.9. The maximum absolute atomic E-state index is 13.7. The van der Waals surface area contributed by atoms with Gasteiger partial charge in [0.05, 0.1) is 5.69 Å². The predicted octanol–water partition coefficient (Wildman–Crippen LogP) is 10.0. The van der Waals surface area contributed by atoms with Gasteiger partial charge in [0.15, 0.2) is 0 Å². The highest BCUT2D eigenvalue weighted by Crippen LogP contribution is 2.31. The van der Waals surface area contributed by atoms with E-state index in [0.29, 0.717) is 6.04 Å². The summed E-state index contributed by atoms with van der Waals surface area (Å²) in [5.41, 5.74) is 3.99. The quantitative estimate of drug-likeness (QED) is 0.325. The Morgan fingerprint density at radius 1 is 0.705 bits per heavy atom. The Balaban J connectivity index is 1.34. The molecule has 3 atom stereocenters. The number of nitrogens with one attached hydrogen (secondary N) is 3. The molecule has 246 valence electrons. The van der Waals surface area contributed by atoms with E-state index in [1.165, 1.54) is 135 Å². The molecule has 5 heteroatoms. The lowest BCUT2D eigenvalue weighted by molar-refractivity contribution is 0.0891. The second-order valence-electron chi connectivity index (χ2n) is 13.9. The normalized spacial score (nSPS) is 24.5. The van der Waals surface area contributed by atoms with Crippen LogP contribution in [0.1, 0.15) is 152 Å². The zero-order valence-electron chi connectivity index (χ0n) is 28.3. The molecule has 0 radical (unpaired) electrons. The van der Waals surface area contributed by atoms with Gasteiger partial charge in [-0.25, -0.2) is 0 Å². The standard InChI is InChI=1S/C39H64N4O/c1-40-34-25-21-20-24-33(34)37-28-29-38(43(37)2)39(44)42-36-31-32-23-19-17-15-13-11-9-7-5-3-4-6-8-10-12-14-16-18-22-30-41-35(36)27-26-32/h20-21,24-25,28-29,32,35-36,40-41H,3-19,22-23,26-27,30-31H2,1-2H3,(H,42,44)/t32-,35+,36-/m1/s1. The summed E-state index contributed by atoms with van der Waals surface area (Å²) in [6.45, 7) is 1.07. The number of carbonyl (C=O) groups is 1. The number of carbonyl (C=O) groups excluding carboxylic acids is 1. The van der Waals surface area contributed by atoms with Crippen molar-refractivity contribution in [3.05, 3.63) is 42.1 Å². The maximum atomic E-state index is 13.7. The molecular formula is C39H64N4O. The van der Waals surface area contributed by atoms with Gasteiger partial charge < -0.3 is 20.5 Å². The average Bonchev–Trinajstić information content (AvgIpc) is 3.43. The molecule has 2 bridgehead atoms. The van der Waals surface area contributed by atoms with Crippen LogP contribution < -0.4 is 16.0 Å². The maximum Gasteiger partial charge on any atom is 0.268 e. The summed E-state index contributed by atoms with van der Waals surface area (Å²) in [4.78, 5) is 13.7. The van der Waals surface area contributed by atoms with Gasteiger partial charge in [-0.3, -0.25) is 4.79 Å². The van der Waals surface area contributed by atoms with Crippen molar-refractivity contribution in [3.63, 3.8) is 0 Å². The molecule has 5 rings (SSSR count). The van der Waals surface area contributed by atoms with E-state index in [-0.39, 0.29) is 11.9 Å². The van der Waals surface area contributed by atoms with Gasteiger partial charge in [-0.1, -0.05) is 134 Å². The van der Waals surface area contributed by atoms with Crippen LogP contribution in [0.5, 0.6) is 0 Å². The van der Waals surface area contributed by atoms with E-state index < -0.39 is 0 Å². The van der Waals surface area contributed by atoms with Crippen molar-refractivity contribution in [1.82, 2.24) is 15.2 Å². The minimum atomic E-state index is 0.0575. The van der Waals surface area contributed by atoms with Crippen LogP contribution in [-0.2, 0) is 7.05 Å². The van der Waals surface area contributed by atoms with Crippen molar-refractivity contribution in [2.45, 2.75) is 153 Å². The first-order valence-corrected chi connectivity index (χ1v) is 18.6. The monoisotopic (exact) mass is 605 g/mol. The first kappa shape index (κ1) is 34.6. The molecule has 3 N–H and O–H groups in total. The van der Waals surface area contributed by atoms with Crippen LogP contribution in [-0.4, -0.2) is 36.2 Å². The van der Waals surface area contributed by atoms with Gasteiger partial charge >= 0.3 is 0 Å². The molecule has 44 heavy (non-hydrogen) atoms. The van der Waals surface area contributed by atoms with Gasteiger partial charge in [-0.05, 0) is 56.3 Å². The average molecular weight is 605 g/mol. The van der Waals surface area contributed by atoms with E-state index in [2.05, 4.69) is 44.8 Å². The summed E-state index contributed by atoms with van der Waals surface area (Å²) in [7, 11) is 3.97. The number of para-hydroxylation sites is 1. The van der Waals surface area contributed by atoms with Crippen molar-refractivity contribution in [3.8, 4) is 11.3 Å². The lowest BCUT2D eigenvalue weighted by Crippen LogP contribution is -2.53. The van der Waals surface area contributed by atoms with E-state index in [1.807, 2.05) is 26.2 Å². The van der Waals surface area contributed by atoms with Crippen molar-refractivity contribution in [2.24, 2.45) is 13.0 Å². The molecular weight excluding hydrogens is 540 g/mol. The number of hydrogen-bond acceptors (Lipinski definition) is 3.